The first kappa shape index (κ1) is 12.2. The number of hydrogen-bond donors (Lipinski definition) is 0. The van der Waals surface area contributed by atoms with Gasteiger partial charge in [-0.25, -0.2) is 5.06 Å². The van der Waals surface area contributed by atoms with E-state index in [1.807, 2.05) is 34.6 Å². The predicted molar refractivity (Wildman–Crippen MR) is 53.0 cm³/mol. The maximum Gasteiger partial charge on any atom is 0.270 e. The average molecular weight is 185 g/mol. The van der Waals surface area contributed by atoms with E-state index in [0.29, 0.717) is 0 Å². The minimum Gasteiger partial charge on any atom is -0.267 e. The zero-order chi connectivity index (χ0) is 10.6. The van der Waals surface area contributed by atoms with E-state index in [9.17, 15) is 4.79 Å². The van der Waals surface area contributed by atoms with Gasteiger partial charge in [0.2, 0.25) is 0 Å². The van der Waals surface area contributed by atoms with Gasteiger partial charge in [0.1, 0.15) is 0 Å². The summed E-state index contributed by atoms with van der Waals surface area (Å²) in [5.41, 5.74) is -0.338. The molecule has 0 unspecified atom stereocenters. The Balaban J connectivity index is 4.56. The first-order valence-electron chi connectivity index (χ1n) is 4.42. The van der Waals surface area contributed by atoms with Gasteiger partial charge in [0.15, 0.2) is 0 Å². The third-order valence-corrected chi connectivity index (χ3v) is 1.30. The molecule has 3 nitrogen and oxygen atoms in total. The summed E-state index contributed by atoms with van der Waals surface area (Å²) in [6.07, 6.45) is 1.25. The van der Waals surface area contributed by atoms with Crippen molar-refractivity contribution in [2.45, 2.75) is 46.3 Å². The molecule has 0 aromatic carbocycles. The number of carbonyl (C=O) groups excluding carboxylic acids is 1. The highest BCUT2D eigenvalue weighted by atomic mass is 16.7. The number of nitrogens with zero attached hydrogens (tertiary/aromatic N) is 1. The summed E-state index contributed by atoms with van der Waals surface area (Å²) in [5.74, 6) is -0.207. The Labute approximate surface area is 80.3 Å². The van der Waals surface area contributed by atoms with Crippen LogP contribution in [0.2, 0.25) is 0 Å². The Kier molecular flexibility index (Phi) is 4.14. The molecule has 0 radical (unpaired) electrons. The molecule has 0 rings (SSSR count). The molecule has 13 heavy (non-hydrogen) atoms. The lowest BCUT2D eigenvalue weighted by Gasteiger charge is -2.34. The first-order chi connectivity index (χ1) is 5.79. The van der Waals surface area contributed by atoms with Gasteiger partial charge in [0, 0.05) is 0 Å². The van der Waals surface area contributed by atoms with Crippen LogP contribution < -0.4 is 0 Å². The topological polar surface area (TPSA) is 29.5 Å². The van der Waals surface area contributed by atoms with Crippen molar-refractivity contribution in [1.29, 1.82) is 0 Å². The number of hydrogen-bond acceptors (Lipinski definition) is 2. The zero-order valence-electron chi connectivity index (χ0n) is 9.13. The van der Waals surface area contributed by atoms with E-state index in [2.05, 4.69) is 6.58 Å². The van der Waals surface area contributed by atoms with E-state index in [1.165, 1.54) is 11.1 Å². The molecular formula is C10H19NO2. The molecule has 3 heteroatoms. The molecule has 0 saturated carbocycles. The molecule has 1 amide bonds. The molecule has 0 aliphatic heterocycles. The molecule has 0 aliphatic carbocycles. The summed E-state index contributed by atoms with van der Waals surface area (Å²) < 4.78 is 0. The number of hydroxylamine groups is 2. The van der Waals surface area contributed by atoms with Gasteiger partial charge in [-0.3, -0.25) is 9.63 Å². The molecule has 0 atom stereocenters. The lowest BCUT2D eigenvalue weighted by molar-refractivity contribution is -0.225. The predicted octanol–water partition coefficient (Wildman–Crippen LogP) is 2.14. The summed E-state index contributed by atoms with van der Waals surface area (Å²) in [7, 11) is 0. The van der Waals surface area contributed by atoms with Crippen molar-refractivity contribution in [3.63, 3.8) is 0 Å². The summed E-state index contributed by atoms with van der Waals surface area (Å²) in [6, 6.07) is 0. The van der Waals surface area contributed by atoms with E-state index in [-0.39, 0.29) is 17.6 Å². The average Bonchev–Trinajstić information content (AvgIpc) is 1.96. The largest absolute Gasteiger partial charge is 0.270 e. The SMILES string of the molecule is C=CC(=O)N(OC(C)C)C(C)(C)C. The Morgan fingerprint density at radius 3 is 2.15 bits per heavy atom. The van der Waals surface area contributed by atoms with Crippen LogP contribution in [0.1, 0.15) is 34.6 Å². The van der Waals surface area contributed by atoms with Crippen LogP contribution in [0.5, 0.6) is 0 Å². The van der Waals surface area contributed by atoms with Crippen molar-refractivity contribution in [2.24, 2.45) is 0 Å². The molecule has 0 N–H and O–H groups in total. The van der Waals surface area contributed by atoms with Crippen molar-refractivity contribution < 1.29 is 9.63 Å². The monoisotopic (exact) mass is 185 g/mol. The van der Waals surface area contributed by atoms with E-state index >= 15 is 0 Å². The fourth-order valence-corrected chi connectivity index (χ4v) is 0.834. The second-order valence-electron chi connectivity index (χ2n) is 4.16. The fourth-order valence-electron chi connectivity index (χ4n) is 0.834. The Hall–Kier alpha value is -0.830. The van der Waals surface area contributed by atoms with Crippen LogP contribution in [-0.2, 0) is 9.63 Å². The van der Waals surface area contributed by atoms with Crippen molar-refractivity contribution in [1.82, 2.24) is 5.06 Å². The second kappa shape index (κ2) is 4.42. The number of amides is 1. The highest BCUT2D eigenvalue weighted by Gasteiger charge is 2.26. The van der Waals surface area contributed by atoms with Gasteiger partial charge in [0.05, 0.1) is 11.6 Å². The van der Waals surface area contributed by atoms with Crippen molar-refractivity contribution in [3.8, 4) is 0 Å². The molecule has 76 valence electrons. The lowest BCUT2D eigenvalue weighted by atomic mass is 10.1. The van der Waals surface area contributed by atoms with Crippen LogP contribution in [0.25, 0.3) is 0 Å². The van der Waals surface area contributed by atoms with Gasteiger partial charge in [-0.2, -0.15) is 0 Å². The first-order valence-corrected chi connectivity index (χ1v) is 4.42. The zero-order valence-corrected chi connectivity index (χ0v) is 9.13. The molecule has 0 bridgehead atoms. The maximum absolute atomic E-state index is 11.4. The van der Waals surface area contributed by atoms with Gasteiger partial charge in [-0.05, 0) is 40.7 Å². The van der Waals surface area contributed by atoms with Crippen molar-refractivity contribution in [2.75, 3.05) is 0 Å². The summed E-state index contributed by atoms with van der Waals surface area (Å²) in [4.78, 5) is 16.8. The Morgan fingerprint density at radius 2 is 1.92 bits per heavy atom. The van der Waals surface area contributed by atoms with E-state index in [0.717, 1.165) is 0 Å². The Morgan fingerprint density at radius 1 is 1.46 bits per heavy atom. The molecule has 0 spiro atoms. The van der Waals surface area contributed by atoms with E-state index < -0.39 is 0 Å². The van der Waals surface area contributed by atoms with Crippen molar-refractivity contribution >= 4 is 5.91 Å². The smallest absolute Gasteiger partial charge is 0.267 e. The Bertz CT molecular complexity index is 192. The van der Waals surface area contributed by atoms with Crippen LogP contribution in [0, 0.1) is 0 Å². The standard InChI is InChI=1S/C10H19NO2/c1-7-9(12)11(10(4,5)6)13-8(2)3/h7-8H,1H2,2-6H3. The van der Waals surface area contributed by atoms with E-state index in [4.69, 9.17) is 4.84 Å². The molecule has 0 aromatic rings. The van der Waals surface area contributed by atoms with Crippen LogP contribution >= 0.6 is 0 Å². The van der Waals surface area contributed by atoms with Crippen LogP contribution in [0.3, 0.4) is 0 Å². The molecular weight excluding hydrogens is 166 g/mol. The molecule has 0 aliphatic rings. The molecule has 0 aromatic heterocycles. The van der Waals surface area contributed by atoms with Gasteiger partial charge < -0.3 is 0 Å². The van der Waals surface area contributed by atoms with Crippen LogP contribution in [0.4, 0.5) is 0 Å². The summed E-state index contributed by atoms with van der Waals surface area (Å²) in [6.45, 7) is 12.9. The quantitative estimate of drug-likeness (QED) is 0.498. The number of carbonyl (C=O) groups is 1. The minimum atomic E-state index is -0.338. The molecule has 0 heterocycles. The molecule has 0 fully saturated rings. The normalized spacial score (nSPS) is 11.5. The van der Waals surface area contributed by atoms with Crippen LogP contribution in [0.15, 0.2) is 12.7 Å². The lowest BCUT2D eigenvalue weighted by Crippen LogP contribution is -2.46. The summed E-state index contributed by atoms with van der Waals surface area (Å²) in [5, 5.41) is 1.35. The highest BCUT2D eigenvalue weighted by molar-refractivity contribution is 5.86. The molecule has 0 saturated heterocycles. The van der Waals surface area contributed by atoms with Crippen molar-refractivity contribution in [3.05, 3.63) is 12.7 Å². The van der Waals surface area contributed by atoms with E-state index in [1.54, 1.807) is 0 Å². The van der Waals surface area contributed by atoms with Gasteiger partial charge >= 0.3 is 0 Å². The summed E-state index contributed by atoms with van der Waals surface area (Å²) >= 11 is 0. The highest BCUT2D eigenvalue weighted by Crippen LogP contribution is 2.15. The third kappa shape index (κ3) is 4.08. The van der Waals surface area contributed by atoms with Gasteiger partial charge in [0.25, 0.3) is 5.91 Å². The third-order valence-electron chi connectivity index (χ3n) is 1.30. The minimum absolute atomic E-state index is 0.0110. The van der Waals surface area contributed by atoms with Gasteiger partial charge in [-0.1, -0.05) is 6.58 Å². The maximum atomic E-state index is 11.4. The fraction of sp³-hybridized carbons (Fsp3) is 0.700. The number of rotatable bonds is 3. The second-order valence-corrected chi connectivity index (χ2v) is 4.16. The van der Waals surface area contributed by atoms with Crippen LogP contribution in [-0.4, -0.2) is 22.6 Å². The van der Waals surface area contributed by atoms with Gasteiger partial charge in [-0.15, -0.1) is 0 Å².